The smallest absolute Gasteiger partial charge is 0.339 e. The zero-order valence-electron chi connectivity index (χ0n) is 11.6. The second-order valence-electron chi connectivity index (χ2n) is 4.41. The van der Waals surface area contributed by atoms with E-state index in [1.54, 1.807) is 10.9 Å². The Balaban J connectivity index is 2.67. The minimum Gasteiger partial charge on any atom is -0.478 e. The molecule has 0 aliphatic rings. The topological polar surface area (TPSA) is 72.9 Å². The molecule has 0 aliphatic heterocycles. The van der Waals surface area contributed by atoms with E-state index in [0.717, 1.165) is 23.5 Å². The van der Waals surface area contributed by atoms with Gasteiger partial charge in [0.25, 0.3) is 0 Å². The van der Waals surface area contributed by atoms with E-state index in [9.17, 15) is 9.90 Å². The fraction of sp³-hybridized carbons (Fsp3) is 0.462. The molecule has 102 valence electrons. The predicted molar refractivity (Wildman–Crippen MR) is 71.2 cm³/mol. The summed E-state index contributed by atoms with van der Waals surface area (Å²) in [7, 11) is 0. The molecule has 0 radical (unpaired) electrons. The van der Waals surface area contributed by atoms with Crippen LogP contribution >= 0.6 is 0 Å². The van der Waals surface area contributed by atoms with Crippen LogP contribution in [0.4, 0.5) is 0 Å². The number of nitrogens with zero attached hydrogens (tertiary/aromatic N) is 4. The van der Waals surface area contributed by atoms with Gasteiger partial charge in [-0.15, -0.1) is 0 Å². The van der Waals surface area contributed by atoms with E-state index in [1.165, 1.54) is 0 Å². The first-order valence-electron chi connectivity index (χ1n) is 6.34. The molecule has 19 heavy (non-hydrogen) atoms. The van der Waals surface area contributed by atoms with Crippen LogP contribution in [0.1, 0.15) is 35.6 Å². The van der Waals surface area contributed by atoms with Crippen LogP contribution in [-0.2, 0) is 13.1 Å². The van der Waals surface area contributed by atoms with Crippen molar-refractivity contribution < 1.29 is 9.90 Å². The van der Waals surface area contributed by atoms with Crippen molar-refractivity contribution in [3.05, 3.63) is 23.1 Å². The molecular formula is C13H18N4O2. The molecule has 0 saturated carbocycles. The molecule has 6 heteroatoms. The van der Waals surface area contributed by atoms with Crippen molar-refractivity contribution in [3.63, 3.8) is 0 Å². The zero-order chi connectivity index (χ0) is 14.2. The summed E-state index contributed by atoms with van der Waals surface area (Å²) < 4.78 is 3.50. The maximum absolute atomic E-state index is 11.3. The summed E-state index contributed by atoms with van der Waals surface area (Å²) in [6, 6.07) is 0. The number of hydrogen-bond donors (Lipinski definition) is 1. The van der Waals surface area contributed by atoms with Crippen LogP contribution in [0.15, 0.2) is 6.20 Å². The molecule has 0 atom stereocenters. The fourth-order valence-electron chi connectivity index (χ4n) is 2.27. The van der Waals surface area contributed by atoms with Crippen LogP contribution in [-0.4, -0.2) is 30.6 Å². The highest BCUT2D eigenvalue weighted by atomic mass is 16.4. The highest BCUT2D eigenvalue weighted by molar-refractivity contribution is 5.95. The van der Waals surface area contributed by atoms with E-state index < -0.39 is 5.97 Å². The third-order valence-electron chi connectivity index (χ3n) is 3.23. The molecule has 0 spiro atoms. The summed E-state index contributed by atoms with van der Waals surface area (Å²) in [5.74, 6) is -0.960. The van der Waals surface area contributed by atoms with E-state index in [-0.39, 0.29) is 5.56 Å². The lowest BCUT2D eigenvalue weighted by Crippen LogP contribution is -2.00. The Bertz CT molecular complexity index is 625. The van der Waals surface area contributed by atoms with E-state index >= 15 is 0 Å². The Labute approximate surface area is 111 Å². The van der Waals surface area contributed by atoms with Crippen LogP contribution < -0.4 is 0 Å². The van der Waals surface area contributed by atoms with Gasteiger partial charge in [0.05, 0.1) is 5.69 Å². The van der Waals surface area contributed by atoms with Crippen LogP contribution in [0.25, 0.3) is 11.3 Å². The lowest BCUT2D eigenvalue weighted by atomic mass is 10.1. The molecule has 1 N–H and O–H groups in total. The monoisotopic (exact) mass is 262 g/mol. The van der Waals surface area contributed by atoms with E-state index in [4.69, 9.17) is 0 Å². The molecule has 2 rings (SSSR count). The molecule has 0 fully saturated rings. The number of carboxylic acids is 1. The van der Waals surface area contributed by atoms with Crippen LogP contribution in [0.3, 0.4) is 0 Å². The molecule has 2 aromatic rings. The maximum atomic E-state index is 11.3. The van der Waals surface area contributed by atoms with Crippen molar-refractivity contribution in [2.24, 2.45) is 0 Å². The van der Waals surface area contributed by atoms with Crippen molar-refractivity contribution in [2.45, 2.75) is 40.8 Å². The number of carbonyl (C=O) groups is 1. The lowest BCUT2D eigenvalue weighted by Gasteiger charge is -2.01. The summed E-state index contributed by atoms with van der Waals surface area (Å²) in [5, 5.41) is 18.1. The highest BCUT2D eigenvalue weighted by Crippen LogP contribution is 2.28. The van der Waals surface area contributed by atoms with Gasteiger partial charge in [0.1, 0.15) is 11.3 Å². The number of carboxylic acid groups (broad SMARTS) is 1. The summed E-state index contributed by atoms with van der Waals surface area (Å²) in [5.41, 5.74) is 3.31. The van der Waals surface area contributed by atoms with E-state index in [0.29, 0.717) is 12.2 Å². The first-order chi connectivity index (χ1) is 8.99. The van der Waals surface area contributed by atoms with Crippen LogP contribution in [0, 0.1) is 13.8 Å². The third kappa shape index (κ3) is 2.14. The number of rotatable bonds is 4. The van der Waals surface area contributed by atoms with Gasteiger partial charge in [-0.2, -0.15) is 10.2 Å². The van der Waals surface area contributed by atoms with E-state index in [2.05, 4.69) is 10.2 Å². The number of hydrogen-bond acceptors (Lipinski definition) is 3. The van der Waals surface area contributed by atoms with Crippen molar-refractivity contribution in [1.29, 1.82) is 0 Å². The van der Waals surface area contributed by atoms with Gasteiger partial charge in [0.2, 0.25) is 0 Å². The first-order valence-corrected chi connectivity index (χ1v) is 6.34. The molecule has 0 bridgehead atoms. The second-order valence-corrected chi connectivity index (χ2v) is 4.41. The molecule has 0 aliphatic carbocycles. The van der Waals surface area contributed by atoms with Gasteiger partial charge < -0.3 is 5.11 Å². The largest absolute Gasteiger partial charge is 0.478 e. The summed E-state index contributed by atoms with van der Waals surface area (Å²) in [6.07, 6.45) is 1.57. The van der Waals surface area contributed by atoms with E-state index in [1.807, 2.05) is 32.4 Å². The van der Waals surface area contributed by atoms with Crippen LogP contribution in [0.5, 0.6) is 0 Å². The van der Waals surface area contributed by atoms with Crippen molar-refractivity contribution in [3.8, 4) is 11.3 Å². The summed E-state index contributed by atoms with van der Waals surface area (Å²) >= 11 is 0. The Morgan fingerprint density at radius 2 is 1.95 bits per heavy atom. The Morgan fingerprint density at radius 3 is 2.42 bits per heavy atom. The quantitative estimate of drug-likeness (QED) is 0.915. The second kappa shape index (κ2) is 4.87. The number of aromatic carboxylic acids is 1. The minimum absolute atomic E-state index is 0.226. The number of aromatic nitrogens is 4. The summed E-state index contributed by atoms with van der Waals surface area (Å²) in [6.45, 7) is 9.15. The lowest BCUT2D eigenvalue weighted by molar-refractivity contribution is 0.0697. The zero-order valence-corrected chi connectivity index (χ0v) is 11.6. The third-order valence-corrected chi connectivity index (χ3v) is 3.23. The molecular weight excluding hydrogens is 244 g/mol. The Hall–Kier alpha value is -2.11. The fourth-order valence-corrected chi connectivity index (χ4v) is 2.27. The highest BCUT2D eigenvalue weighted by Gasteiger charge is 2.22. The predicted octanol–water partition coefficient (Wildman–Crippen LogP) is 2.10. The SMILES string of the molecule is CCn1cc(C(=O)O)c(-c2c(C)nn(CC)c2C)n1. The standard InChI is InChI=1S/C13H18N4O2/c1-5-16-7-10(13(18)19)12(15-16)11-8(3)14-17(6-2)9(11)4/h7H,5-6H2,1-4H3,(H,18,19). The maximum Gasteiger partial charge on any atom is 0.339 e. The molecule has 6 nitrogen and oxygen atoms in total. The normalized spacial score (nSPS) is 10.9. The average molecular weight is 262 g/mol. The molecule has 2 heterocycles. The van der Waals surface area contributed by atoms with Gasteiger partial charge >= 0.3 is 5.97 Å². The van der Waals surface area contributed by atoms with Gasteiger partial charge in [-0.1, -0.05) is 0 Å². The van der Waals surface area contributed by atoms with Gasteiger partial charge in [-0.25, -0.2) is 4.79 Å². The Morgan fingerprint density at radius 1 is 1.26 bits per heavy atom. The van der Waals surface area contributed by atoms with Crippen molar-refractivity contribution in [2.75, 3.05) is 0 Å². The van der Waals surface area contributed by atoms with Crippen LogP contribution in [0.2, 0.25) is 0 Å². The average Bonchev–Trinajstić information content (AvgIpc) is 2.90. The molecule has 2 aromatic heterocycles. The molecule has 0 amide bonds. The minimum atomic E-state index is -0.960. The van der Waals surface area contributed by atoms with Gasteiger partial charge in [-0.3, -0.25) is 9.36 Å². The van der Waals surface area contributed by atoms with Gasteiger partial charge in [0, 0.05) is 30.5 Å². The number of aryl methyl sites for hydroxylation is 3. The molecule has 0 unspecified atom stereocenters. The molecule has 0 aromatic carbocycles. The van der Waals surface area contributed by atoms with Gasteiger partial charge in [-0.05, 0) is 27.7 Å². The first kappa shape index (κ1) is 13.3. The van der Waals surface area contributed by atoms with Crippen molar-refractivity contribution >= 4 is 5.97 Å². The Kier molecular flexibility index (Phi) is 3.42. The van der Waals surface area contributed by atoms with Gasteiger partial charge in [0.15, 0.2) is 0 Å². The summed E-state index contributed by atoms with van der Waals surface area (Å²) in [4.78, 5) is 11.3. The molecule has 0 saturated heterocycles. The van der Waals surface area contributed by atoms with Crippen molar-refractivity contribution in [1.82, 2.24) is 19.6 Å².